The van der Waals surface area contributed by atoms with E-state index in [4.69, 9.17) is 0 Å². The zero-order chi connectivity index (χ0) is 21.1. The molecule has 2 fully saturated rings. The number of carbonyl (C=O) groups excluding carboxylic acids is 1. The molecule has 2 aromatic carbocycles. The number of amides is 1. The Kier molecular flexibility index (Phi) is 5.99. The maximum Gasteiger partial charge on any atom is 0.293 e. The van der Waals surface area contributed by atoms with Crippen LogP contribution in [0.3, 0.4) is 0 Å². The van der Waals surface area contributed by atoms with Crippen molar-refractivity contribution in [2.45, 2.75) is 26.3 Å². The molecule has 4 rings (SSSR count). The fraction of sp³-hybridized carbons (Fsp3) is 0.435. The van der Waals surface area contributed by atoms with E-state index in [2.05, 4.69) is 30.0 Å². The summed E-state index contributed by atoms with van der Waals surface area (Å²) in [4.78, 5) is 30.4. The molecular formula is C23H28N4O3. The van der Waals surface area contributed by atoms with Crippen LogP contribution in [-0.2, 0) is 6.54 Å². The highest BCUT2D eigenvalue weighted by molar-refractivity contribution is 5.96. The van der Waals surface area contributed by atoms with Gasteiger partial charge in [-0.15, -0.1) is 0 Å². The molecule has 2 heterocycles. The van der Waals surface area contributed by atoms with E-state index in [1.807, 2.05) is 15.9 Å². The average Bonchev–Trinajstić information content (AvgIpc) is 3.30. The number of aryl methyl sites for hydroxylation is 1. The lowest BCUT2D eigenvalue weighted by atomic mass is 10.1. The van der Waals surface area contributed by atoms with Gasteiger partial charge in [-0.05, 0) is 43.0 Å². The molecule has 2 saturated heterocycles. The minimum atomic E-state index is -0.370. The highest BCUT2D eigenvalue weighted by Gasteiger charge is 2.27. The van der Waals surface area contributed by atoms with Crippen LogP contribution in [0.5, 0.6) is 0 Å². The Morgan fingerprint density at radius 1 is 1.00 bits per heavy atom. The van der Waals surface area contributed by atoms with E-state index >= 15 is 0 Å². The van der Waals surface area contributed by atoms with Gasteiger partial charge in [-0.2, -0.15) is 0 Å². The number of nitro groups is 1. The Morgan fingerprint density at radius 3 is 2.37 bits per heavy atom. The second-order valence-corrected chi connectivity index (χ2v) is 8.15. The third-order valence-electron chi connectivity index (χ3n) is 6.18. The largest absolute Gasteiger partial charge is 0.366 e. The van der Waals surface area contributed by atoms with Crippen LogP contribution in [0.25, 0.3) is 0 Å². The molecule has 158 valence electrons. The summed E-state index contributed by atoms with van der Waals surface area (Å²) in [6, 6.07) is 13.3. The molecule has 7 heteroatoms. The zero-order valence-electron chi connectivity index (χ0n) is 17.4. The standard InChI is InChI=1S/C23H28N4O3/c1-18-6-2-3-7-20(18)17-24-12-14-26(15-13-24)23(28)19-8-9-21(22(16-19)27(29)30)25-10-4-5-11-25/h2-3,6-9,16H,4-5,10-15,17H2,1H3. The molecular weight excluding hydrogens is 380 g/mol. The third-order valence-corrected chi connectivity index (χ3v) is 6.18. The summed E-state index contributed by atoms with van der Waals surface area (Å²) >= 11 is 0. The first kappa shape index (κ1) is 20.3. The van der Waals surface area contributed by atoms with Crippen molar-refractivity contribution >= 4 is 17.3 Å². The van der Waals surface area contributed by atoms with Crippen LogP contribution in [0.15, 0.2) is 42.5 Å². The van der Waals surface area contributed by atoms with Crippen molar-refractivity contribution in [3.05, 3.63) is 69.3 Å². The van der Waals surface area contributed by atoms with Crippen LogP contribution in [0.1, 0.15) is 34.3 Å². The van der Waals surface area contributed by atoms with Crippen molar-refractivity contribution in [3.63, 3.8) is 0 Å². The lowest BCUT2D eigenvalue weighted by molar-refractivity contribution is -0.384. The highest BCUT2D eigenvalue weighted by Crippen LogP contribution is 2.32. The van der Waals surface area contributed by atoms with Gasteiger partial charge in [0.15, 0.2) is 0 Å². The molecule has 0 spiro atoms. The van der Waals surface area contributed by atoms with E-state index in [1.165, 1.54) is 17.2 Å². The molecule has 0 saturated carbocycles. The van der Waals surface area contributed by atoms with Crippen LogP contribution >= 0.6 is 0 Å². The Labute approximate surface area is 177 Å². The number of hydrogen-bond donors (Lipinski definition) is 0. The predicted molar refractivity (Wildman–Crippen MR) is 117 cm³/mol. The minimum absolute atomic E-state index is 0.0286. The number of nitrogens with zero attached hydrogens (tertiary/aromatic N) is 4. The number of carbonyl (C=O) groups is 1. The number of hydrogen-bond acceptors (Lipinski definition) is 5. The molecule has 0 aliphatic carbocycles. The monoisotopic (exact) mass is 408 g/mol. The van der Waals surface area contributed by atoms with Crippen molar-refractivity contribution in [1.29, 1.82) is 0 Å². The number of piperazine rings is 1. The molecule has 2 aliphatic heterocycles. The topological polar surface area (TPSA) is 69.9 Å². The summed E-state index contributed by atoms with van der Waals surface area (Å²) < 4.78 is 0. The van der Waals surface area contributed by atoms with Gasteiger partial charge in [0, 0.05) is 57.4 Å². The van der Waals surface area contributed by atoms with Gasteiger partial charge in [-0.25, -0.2) is 0 Å². The number of anilines is 1. The van der Waals surface area contributed by atoms with E-state index in [9.17, 15) is 14.9 Å². The van der Waals surface area contributed by atoms with Crippen molar-refractivity contribution < 1.29 is 9.72 Å². The average molecular weight is 409 g/mol. The molecule has 1 amide bonds. The second kappa shape index (κ2) is 8.83. The normalized spacial score (nSPS) is 17.4. The third kappa shape index (κ3) is 4.31. The lowest BCUT2D eigenvalue weighted by Crippen LogP contribution is -2.48. The first-order chi connectivity index (χ1) is 14.5. The van der Waals surface area contributed by atoms with E-state index < -0.39 is 0 Å². The summed E-state index contributed by atoms with van der Waals surface area (Å²) in [5.74, 6) is -0.124. The second-order valence-electron chi connectivity index (χ2n) is 8.15. The Hall–Kier alpha value is -2.93. The quantitative estimate of drug-likeness (QED) is 0.560. The lowest BCUT2D eigenvalue weighted by Gasteiger charge is -2.35. The molecule has 0 aromatic heterocycles. The molecule has 0 N–H and O–H groups in total. The van der Waals surface area contributed by atoms with Crippen molar-refractivity contribution in [2.24, 2.45) is 0 Å². The van der Waals surface area contributed by atoms with E-state index in [-0.39, 0.29) is 16.5 Å². The van der Waals surface area contributed by atoms with Crippen LogP contribution in [-0.4, -0.2) is 59.9 Å². The number of rotatable bonds is 5. The van der Waals surface area contributed by atoms with Crippen LogP contribution < -0.4 is 4.90 Å². The molecule has 7 nitrogen and oxygen atoms in total. The van der Waals surface area contributed by atoms with Gasteiger partial charge in [0.2, 0.25) is 0 Å². The van der Waals surface area contributed by atoms with Gasteiger partial charge in [0.05, 0.1) is 4.92 Å². The van der Waals surface area contributed by atoms with Gasteiger partial charge in [0.1, 0.15) is 5.69 Å². The van der Waals surface area contributed by atoms with Crippen LogP contribution in [0.4, 0.5) is 11.4 Å². The maximum absolute atomic E-state index is 13.0. The van der Waals surface area contributed by atoms with Crippen molar-refractivity contribution in [1.82, 2.24) is 9.80 Å². The summed E-state index contributed by atoms with van der Waals surface area (Å²) in [5.41, 5.74) is 3.64. The maximum atomic E-state index is 13.0. The van der Waals surface area contributed by atoms with E-state index in [1.54, 1.807) is 12.1 Å². The minimum Gasteiger partial charge on any atom is -0.366 e. The van der Waals surface area contributed by atoms with E-state index in [0.29, 0.717) is 24.3 Å². The van der Waals surface area contributed by atoms with Gasteiger partial charge >= 0.3 is 0 Å². The van der Waals surface area contributed by atoms with E-state index in [0.717, 1.165) is 45.6 Å². The first-order valence-electron chi connectivity index (χ1n) is 10.6. The summed E-state index contributed by atoms with van der Waals surface area (Å²) in [7, 11) is 0. The molecule has 2 aromatic rings. The fourth-order valence-electron chi connectivity index (χ4n) is 4.35. The van der Waals surface area contributed by atoms with Gasteiger partial charge in [-0.1, -0.05) is 24.3 Å². The Bertz CT molecular complexity index is 932. The van der Waals surface area contributed by atoms with Gasteiger partial charge < -0.3 is 9.80 Å². The molecule has 30 heavy (non-hydrogen) atoms. The molecule has 0 atom stereocenters. The van der Waals surface area contributed by atoms with Gasteiger partial charge in [-0.3, -0.25) is 19.8 Å². The predicted octanol–water partition coefficient (Wildman–Crippen LogP) is 3.46. The molecule has 2 aliphatic rings. The molecule has 0 bridgehead atoms. The van der Waals surface area contributed by atoms with Gasteiger partial charge in [0.25, 0.3) is 11.6 Å². The Balaban J connectivity index is 1.42. The van der Waals surface area contributed by atoms with Crippen LogP contribution in [0, 0.1) is 17.0 Å². The van der Waals surface area contributed by atoms with Crippen molar-refractivity contribution in [3.8, 4) is 0 Å². The fourth-order valence-corrected chi connectivity index (χ4v) is 4.35. The zero-order valence-corrected chi connectivity index (χ0v) is 17.4. The number of nitro benzene ring substituents is 1. The Morgan fingerprint density at radius 2 is 1.70 bits per heavy atom. The smallest absolute Gasteiger partial charge is 0.293 e. The highest BCUT2D eigenvalue weighted by atomic mass is 16.6. The summed E-state index contributed by atoms with van der Waals surface area (Å²) in [6.45, 7) is 7.52. The number of benzene rings is 2. The van der Waals surface area contributed by atoms with Crippen molar-refractivity contribution in [2.75, 3.05) is 44.2 Å². The summed E-state index contributed by atoms with van der Waals surface area (Å²) in [6.07, 6.45) is 2.09. The molecule has 0 radical (unpaired) electrons. The van der Waals surface area contributed by atoms with Crippen LogP contribution in [0.2, 0.25) is 0 Å². The first-order valence-corrected chi connectivity index (χ1v) is 10.6. The SMILES string of the molecule is Cc1ccccc1CN1CCN(C(=O)c2ccc(N3CCCC3)c([N+](=O)[O-])c2)CC1. The summed E-state index contributed by atoms with van der Waals surface area (Å²) in [5, 5.41) is 11.6. The molecule has 0 unspecified atom stereocenters.